The van der Waals surface area contributed by atoms with Gasteiger partial charge in [0.2, 0.25) is 0 Å². The van der Waals surface area contributed by atoms with Crippen LogP contribution in [0.5, 0.6) is 0 Å². The van der Waals surface area contributed by atoms with E-state index in [-0.39, 0.29) is 31.1 Å². The molecule has 2 aliphatic carbocycles. The number of nitrogens with zero attached hydrogens (tertiary/aromatic N) is 3. The maximum absolute atomic E-state index is 12.5. The molecule has 2 aliphatic rings. The second kappa shape index (κ2) is 8.45. The maximum Gasteiger partial charge on any atom is 0.317 e. The fraction of sp³-hybridized carbons (Fsp3) is 0.875. The summed E-state index contributed by atoms with van der Waals surface area (Å²) in [6, 6.07) is 2.00. The molecule has 0 aliphatic heterocycles. The van der Waals surface area contributed by atoms with Gasteiger partial charge in [0, 0.05) is 31.7 Å². The topological polar surface area (TPSA) is 114 Å². The molecule has 8 nitrogen and oxygen atoms in total. The van der Waals surface area contributed by atoms with Crippen molar-refractivity contribution in [3.05, 3.63) is 0 Å². The van der Waals surface area contributed by atoms with E-state index in [4.69, 9.17) is 10.4 Å². The van der Waals surface area contributed by atoms with E-state index in [1.165, 1.54) is 4.31 Å². The minimum absolute atomic E-state index is 0.0153. The summed E-state index contributed by atoms with van der Waals surface area (Å²) in [5.41, 5.74) is 0. The molecule has 0 radical (unpaired) electrons. The van der Waals surface area contributed by atoms with Crippen LogP contribution in [-0.4, -0.2) is 67.0 Å². The van der Waals surface area contributed by atoms with Crippen LogP contribution in [0.3, 0.4) is 0 Å². The van der Waals surface area contributed by atoms with Gasteiger partial charge in [-0.3, -0.25) is 9.69 Å². The average molecular weight is 372 g/mol. The van der Waals surface area contributed by atoms with Crippen molar-refractivity contribution in [3.8, 4) is 6.07 Å². The quantitative estimate of drug-likeness (QED) is 0.550. The summed E-state index contributed by atoms with van der Waals surface area (Å²) in [7, 11) is -3.62. The maximum atomic E-state index is 12.5. The molecular weight excluding hydrogens is 344 g/mol. The zero-order chi connectivity index (χ0) is 18.6. The molecule has 0 aromatic heterocycles. The highest BCUT2D eigenvalue weighted by molar-refractivity contribution is 7.87. The van der Waals surface area contributed by atoms with Gasteiger partial charge in [0.25, 0.3) is 10.2 Å². The van der Waals surface area contributed by atoms with Crippen LogP contribution in [0.2, 0.25) is 0 Å². The van der Waals surface area contributed by atoms with Gasteiger partial charge in [-0.05, 0) is 38.5 Å². The fourth-order valence-corrected chi connectivity index (χ4v) is 4.68. The minimum Gasteiger partial charge on any atom is -0.480 e. The zero-order valence-corrected chi connectivity index (χ0v) is 15.7. The molecule has 25 heavy (non-hydrogen) atoms. The highest BCUT2D eigenvalue weighted by Gasteiger charge is 2.39. The van der Waals surface area contributed by atoms with Crippen LogP contribution in [0.4, 0.5) is 0 Å². The summed E-state index contributed by atoms with van der Waals surface area (Å²) in [6.45, 7) is 4.73. The van der Waals surface area contributed by atoms with Gasteiger partial charge in [0.15, 0.2) is 0 Å². The van der Waals surface area contributed by atoms with Gasteiger partial charge in [-0.25, -0.2) is 0 Å². The Bertz CT molecular complexity index is 608. The molecule has 1 unspecified atom stereocenters. The summed E-state index contributed by atoms with van der Waals surface area (Å²) in [5.74, 6) is -0.610. The van der Waals surface area contributed by atoms with Gasteiger partial charge in [-0.1, -0.05) is 6.92 Å². The predicted molar refractivity (Wildman–Crippen MR) is 92.8 cm³/mol. The molecule has 2 rings (SSSR count). The molecule has 0 amide bonds. The first-order valence-corrected chi connectivity index (χ1v) is 10.3. The molecule has 0 aromatic carbocycles. The Morgan fingerprint density at radius 2 is 2.04 bits per heavy atom. The number of nitrogens with one attached hydrogen (secondary N) is 1. The summed E-state index contributed by atoms with van der Waals surface area (Å²) in [4.78, 5) is 13.0. The summed E-state index contributed by atoms with van der Waals surface area (Å²) >= 11 is 0. The average Bonchev–Trinajstić information content (AvgIpc) is 3.30. The molecule has 1 atom stereocenters. The number of carbonyl (C=O) groups is 1. The fourth-order valence-electron chi connectivity index (χ4n) is 3.16. The van der Waals surface area contributed by atoms with Gasteiger partial charge >= 0.3 is 5.97 Å². The smallest absolute Gasteiger partial charge is 0.317 e. The van der Waals surface area contributed by atoms with E-state index in [9.17, 15) is 13.2 Å². The number of hydrogen-bond acceptors (Lipinski definition) is 5. The normalized spacial score (nSPS) is 24.8. The lowest BCUT2D eigenvalue weighted by molar-refractivity contribution is -0.139. The Morgan fingerprint density at radius 1 is 1.40 bits per heavy atom. The molecule has 0 bridgehead atoms. The summed E-state index contributed by atoms with van der Waals surface area (Å²) in [6.07, 6.45) is 3.57. The first-order chi connectivity index (χ1) is 11.7. The Hall–Kier alpha value is -1.21. The predicted octanol–water partition coefficient (Wildman–Crippen LogP) is 0.630. The first-order valence-electron chi connectivity index (χ1n) is 8.88. The van der Waals surface area contributed by atoms with E-state index in [1.54, 1.807) is 13.8 Å². The molecule has 0 spiro atoms. The number of aliphatic carboxylic acids is 1. The molecule has 0 aromatic rings. The zero-order valence-electron chi connectivity index (χ0n) is 14.9. The second-order valence-electron chi connectivity index (χ2n) is 7.19. The monoisotopic (exact) mass is 372 g/mol. The molecule has 2 fully saturated rings. The third kappa shape index (κ3) is 5.92. The van der Waals surface area contributed by atoms with E-state index < -0.39 is 16.2 Å². The van der Waals surface area contributed by atoms with Crippen molar-refractivity contribution in [3.63, 3.8) is 0 Å². The van der Waals surface area contributed by atoms with Crippen LogP contribution < -0.4 is 4.72 Å². The van der Waals surface area contributed by atoms with Crippen molar-refractivity contribution in [2.75, 3.05) is 26.2 Å². The van der Waals surface area contributed by atoms with Crippen molar-refractivity contribution < 1.29 is 18.3 Å². The lowest BCUT2D eigenvalue weighted by Crippen LogP contribution is -2.57. The highest BCUT2D eigenvalue weighted by Crippen LogP contribution is 2.34. The first kappa shape index (κ1) is 20.1. The van der Waals surface area contributed by atoms with Gasteiger partial charge in [-0.2, -0.15) is 22.7 Å². The van der Waals surface area contributed by atoms with E-state index in [1.807, 2.05) is 4.90 Å². The van der Waals surface area contributed by atoms with Crippen LogP contribution >= 0.6 is 0 Å². The molecular formula is C16H28N4O4S. The minimum atomic E-state index is -3.62. The van der Waals surface area contributed by atoms with E-state index >= 15 is 0 Å². The largest absolute Gasteiger partial charge is 0.480 e. The van der Waals surface area contributed by atoms with Crippen LogP contribution in [0.1, 0.15) is 39.5 Å². The standard InChI is InChI=1S/C16H28N4O4S/c1-3-20(9-12(2)8-17)25(23,24)18-14-6-15(7-14)19(11-16(21)22)10-13-4-5-13/h12-15,18H,3-7,9-11H2,1-2H3,(H,21,22). The molecule has 9 heteroatoms. The van der Waals surface area contributed by atoms with Crippen molar-refractivity contribution in [2.45, 2.75) is 51.6 Å². The summed E-state index contributed by atoms with van der Waals surface area (Å²) in [5, 5.41) is 17.9. The van der Waals surface area contributed by atoms with Crippen LogP contribution in [0.15, 0.2) is 0 Å². The number of rotatable bonds is 11. The Morgan fingerprint density at radius 3 is 2.52 bits per heavy atom. The number of hydrogen-bond donors (Lipinski definition) is 2. The number of nitriles is 1. The van der Waals surface area contributed by atoms with Gasteiger partial charge < -0.3 is 5.11 Å². The van der Waals surface area contributed by atoms with Crippen LogP contribution in [0, 0.1) is 23.2 Å². The lowest BCUT2D eigenvalue weighted by atomic mass is 9.86. The molecule has 142 valence electrons. The van der Waals surface area contributed by atoms with Crippen LogP contribution in [-0.2, 0) is 15.0 Å². The highest BCUT2D eigenvalue weighted by atomic mass is 32.2. The SMILES string of the molecule is CCN(CC(C)C#N)S(=O)(=O)NC1CC(N(CC(=O)O)CC2CC2)C1. The van der Waals surface area contributed by atoms with Gasteiger partial charge in [0.05, 0.1) is 18.5 Å². The van der Waals surface area contributed by atoms with Crippen molar-refractivity contribution in [1.29, 1.82) is 5.26 Å². The number of carboxylic acid groups (broad SMARTS) is 1. The van der Waals surface area contributed by atoms with Gasteiger partial charge in [0.1, 0.15) is 0 Å². The van der Waals surface area contributed by atoms with Crippen molar-refractivity contribution >= 4 is 16.2 Å². The molecule has 0 saturated heterocycles. The second-order valence-corrected chi connectivity index (χ2v) is 8.89. The Labute approximate surface area is 150 Å². The third-order valence-electron chi connectivity index (χ3n) is 4.86. The van der Waals surface area contributed by atoms with Crippen LogP contribution in [0.25, 0.3) is 0 Å². The van der Waals surface area contributed by atoms with Crippen molar-refractivity contribution in [1.82, 2.24) is 13.9 Å². The molecule has 2 saturated carbocycles. The Kier molecular flexibility index (Phi) is 6.79. The molecule has 2 N–H and O–H groups in total. The van der Waals surface area contributed by atoms with E-state index in [0.29, 0.717) is 25.3 Å². The van der Waals surface area contributed by atoms with E-state index in [2.05, 4.69) is 10.8 Å². The number of carboxylic acids is 1. The lowest BCUT2D eigenvalue weighted by Gasteiger charge is -2.43. The van der Waals surface area contributed by atoms with Gasteiger partial charge in [-0.15, -0.1) is 0 Å². The van der Waals surface area contributed by atoms with Crippen molar-refractivity contribution in [2.24, 2.45) is 11.8 Å². The third-order valence-corrected chi connectivity index (χ3v) is 6.58. The molecule has 0 heterocycles. The summed E-state index contributed by atoms with van der Waals surface area (Å²) < 4.78 is 28.9. The van der Waals surface area contributed by atoms with E-state index in [0.717, 1.165) is 19.4 Å². The Balaban J connectivity index is 1.85.